The number of fused-ring (bicyclic) bond motifs is 1. The number of benzene rings is 1. The lowest BCUT2D eigenvalue weighted by Crippen LogP contribution is -2.20. The molecule has 1 aromatic carbocycles. The largest absolute Gasteiger partial charge is 0.489 e. The number of likely N-dealkylation sites (N-methyl/N-ethyl adjacent to an activating group) is 1. The van der Waals surface area contributed by atoms with E-state index in [9.17, 15) is 0 Å². The van der Waals surface area contributed by atoms with Gasteiger partial charge in [-0.2, -0.15) is 0 Å². The third-order valence-corrected chi connectivity index (χ3v) is 3.09. The zero-order chi connectivity index (χ0) is 11.4. The third kappa shape index (κ3) is 3.48. The molecule has 0 saturated heterocycles. The van der Waals surface area contributed by atoms with Crippen LogP contribution in [0.25, 0.3) is 0 Å². The fourth-order valence-corrected chi connectivity index (χ4v) is 2.14. The normalized spacial score (nSPS) is 15.4. The van der Waals surface area contributed by atoms with Crippen LogP contribution in [-0.4, -0.2) is 31.6 Å². The standard InChI is InChI=1S/C14H19NO.ClH/c1-3-11-16-14-6-4-5-12-7-9-15(2)10-8-13(12)14;/h3-6H,1,7-11H2,2H3;1H. The minimum atomic E-state index is 0. The first kappa shape index (κ1) is 14.1. The van der Waals surface area contributed by atoms with Gasteiger partial charge >= 0.3 is 0 Å². The highest BCUT2D eigenvalue weighted by atomic mass is 35.5. The van der Waals surface area contributed by atoms with Crippen LogP contribution in [0.4, 0.5) is 0 Å². The molecular weight excluding hydrogens is 234 g/mol. The summed E-state index contributed by atoms with van der Waals surface area (Å²) >= 11 is 0. The molecule has 1 aromatic rings. The van der Waals surface area contributed by atoms with E-state index in [0.717, 1.165) is 31.7 Å². The Morgan fingerprint density at radius 2 is 2.12 bits per heavy atom. The van der Waals surface area contributed by atoms with Gasteiger partial charge < -0.3 is 9.64 Å². The molecule has 17 heavy (non-hydrogen) atoms. The summed E-state index contributed by atoms with van der Waals surface area (Å²) in [6, 6.07) is 6.37. The maximum Gasteiger partial charge on any atom is 0.123 e. The summed E-state index contributed by atoms with van der Waals surface area (Å²) in [6.07, 6.45) is 4.00. The highest BCUT2D eigenvalue weighted by Gasteiger charge is 2.14. The minimum absolute atomic E-state index is 0. The topological polar surface area (TPSA) is 12.5 Å². The summed E-state index contributed by atoms with van der Waals surface area (Å²) in [5.41, 5.74) is 2.82. The number of nitrogens with zero attached hydrogens (tertiary/aromatic N) is 1. The van der Waals surface area contributed by atoms with Crippen LogP contribution < -0.4 is 4.74 Å². The van der Waals surface area contributed by atoms with Crippen molar-refractivity contribution >= 4 is 12.4 Å². The molecule has 2 nitrogen and oxygen atoms in total. The van der Waals surface area contributed by atoms with Crippen LogP contribution in [0.5, 0.6) is 5.75 Å². The Kier molecular flexibility index (Phi) is 5.52. The van der Waals surface area contributed by atoms with E-state index in [1.165, 1.54) is 11.1 Å². The monoisotopic (exact) mass is 253 g/mol. The molecule has 0 radical (unpaired) electrons. The number of ether oxygens (including phenoxy) is 1. The van der Waals surface area contributed by atoms with Gasteiger partial charge in [0.15, 0.2) is 0 Å². The smallest absolute Gasteiger partial charge is 0.123 e. The molecule has 1 heterocycles. The highest BCUT2D eigenvalue weighted by Crippen LogP contribution is 2.25. The summed E-state index contributed by atoms with van der Waals surface area (Å²) in [5, 5.41) is 0. The van der Waals surface area contributed by atoms with Gasteiger partial charge in [-0.25, -0.2) is 0 Å². The molecule has 0 N–H and O–H groups in total. The predicted octanol–water partition coefficient (Wildman–Crippen LogP) is 2.70. The lowest BCUT2D eigenvalue weighted by atomic mass is 10.0. The van der Waals surface area contributed by atoms with E-state index in [1.807, 2.05) is 0 Å². The van der Waals surface area contributed by atoms with E-state index in [1.54, 1.807) is 6.08 Å². The Morgan fingerprint density at radius 3 is 2.88 bits per heavy atom. The molecule has 0 aromatic heterocycles. The van der Waals surface area contributed by atoms with Crippen LogP contribution in [0.3, 0.4) is 0 Å². The molecular formula is C14H20ClNO. The number of hydrogen-bond acceptors (Lipinski definition) is 2. The van der Waals surface area contributed by atoms with Crippen molar-refractivity contribution in [2.75, 3.05) is 26.7 Å². The van der Waals surface area contributed by atoms with Crippen molar-refractivity contribution in [2.24, 2.45) is 0 Å². The molecule has 1 aliphatic heterocycles. The van der Waals surface area contributed by atoms with Gasteiger partial charge in [-0.3, -0.25) is 0 Å². The fourth-order valence-electron chi connectivity index (χ4n) is 2.14. The number of rotatable bonds is 3. The van der Waals surface area contributed by atoms with Crippen molar-refractivity contribution in [1.29, 1.82) is 0 Å². The van der Waals surface area contributed by atoms with Crippen LogP contribution in [0, 0.1) is 0 Å². The molecule has 94 valence electrons. The van der Waals surface area contributed by atoms with E-state index in [2.05, 4.69) is 36.7 Å². The van der Waals surface area contributed by atoms with Gasteiger partial charge in [0.25, 0.3) is 0 Å². The van der Waals surface area contributed by atoms with Crippen molar-refractivity contribution in [3.05, 3.63) is 42.0 Å². The minimum Gasteiger partial charge on any atom is -0.489 e. The Hall–Kier alpha value is -0.990. The molecule has 0 amide bonds. The maximum atomic E-state index is 5.71. The van der Waals surface area contributed by atoms with Gasteiger partial charge in [0.1, 0.15) is 12.4 Å². The van der Waals surface area contributed by atoms with Crippen LogP contribution in [0.2, 0.25) is 0 Å². The van der Waals surface area contributed by atoms with E-state index < -0.39 is 0 Å². The van der Waals surface area contributed by atoms with Crippen molar-refractivity contribution in [2.45, 2.75) is 12.8 Å². The molecule has 0 fully saturated rings. The van der Waals surface area contributed by atoms with Gasteiger partial charge in [-0.15, -0.1) is 12.4 Å². The Morgan fingerprint density at radius 1 is 1.35 bits per heavy atom. The summed E-state index contributed by atoms with van der Waals surface area (Å²) in [7, 11) is 2.18. The van der Waals surface area contributed by atoms with Gasteiger partial charge in [-0.05, 0) is 37.1 Å². The molecule has 0 aliphatic carbocycles. The van der Waals surface area contributed by atoms with Crippen molar-refractivity contribution in [3.63, 3.8) is 0 Å². The number of halogens is 1. The molecule has 2 rings (SSSR count). The molecule has 0 unspecified atom stereocenters. The first-order chi connectivity index (χ1) is 7.81. The molecule has 0 spiro atoms. The zero-order valence-corrected chi connectivity index (χ0v) is 11.1. The summed E-state index contributed by atoms with van der Waals surface area (Å²) in [6.45, 7) is 6.52. The molecule has 0 atom stereocenters. The average Bonchev–Trinajstić information content (AvgIpc) is 2.49. The molecule has 0 saturated carbocycles. The van der Waals surface area contributed by atoms with Crippen LogP contribution >= 0.6 is 12.4 Å². The second-order valence-corrected chi connectivity index (χ2v) is 4.30. The van der Waals surface area contributed by atoms with Crippen LogP contribution in [0.1, 0.15) is 11.1 Å². The quantitative estimate of drug-likeness (QED) is 0.768. The Balaban J connectivity index is 0.00000144. The Labute approximate surface area is 110 Å². The van der Waals surface area contributed by atoms with Crippen molar-refractivity contribution in [3.8, 4) is 5.75 Å². The van der Waals surface area contributed by atoms with Crippen LogP contribution in [0.15, 0.2) is 30.9 Å². The predicted molar refractivity (Wildman–Crippen MR) is 74.3 cm³/mol. The third-order valence-electron chi connectivity index (χ3n) is 3.09. The van der Waals surface area contributed by atoms with E-state index >= 15 is 0 Å². The van der Waals surface area contributed by atoms with Crippen molar-refractivity contribution in [1.82, 2.24) is 4.90 Å². The lowest BCUT2D eigenvalue weighted by molar-refractivity contribution is 0.344. The second kappa shape index (κ2) is 6.67. The van der Waals surface area contributed by atoms with E-state index in [0.29, 0.717) is 6.61 Å². The average molecular weight is 254 g/mol. The van der Waals surface area contributed by atoms with Gasteiger partial charge in [-0.1, -0.05) is 24.8 Å². The first-order valence-corrected chi connectivity index (χ1v) is 5.84. The van der Waals surface area contributed by atoms with Gasteiger partial charge in [0.05, 0.1) is 0 Å². The molecule has 1 aliphatic rings. The molecule has 0 bridgehead atoms. The van der Waals surface area contributed by atoms with Crippen LogP contribution in [-0.2, 0) is 12.8 Å². The fraction of sp³-hybridized carbons (Fsp3) is 0.429. The summed E-state index contributed by atoms with van der Waals surface area (Å²) < 4.78 is 5.71. The van der Waals surface area contributed by atoms with E-state index in [-0.39, 0.29) is 12.4 Å². The summed E-state index contributed by atoms with van der Waals surface area (Å²) in [4.78, 5) is 2.37. The van der Waals surface area contributed by atoms with Gasteiger partial charge in [0, 0.05) is 13.1 Å². The van der Waals surface area contributed by atoms with Gasteiger partial charge in [0.2, 0.25) is 0 Å². The zero-order valence-electron chi connectivity index (χ0n) is 10.3. The first-order valence-electron chi connectivity index (χ1n) is 5.84. The number of hydrogen-bond donors (Lipinski definition) is 0. The lowest BCUT2D eigenvalue weighted by Gasteiger charge is -2.12. The Bertz CT molecular complexity index is 378. The highest BCUT2D eigenvalue weighted by molar-refractivity contribution is 5.85. The summed E-state index contributed by atoms with van der Waals surface area (Å²) in [5.74, 6) is 1.03. The van der Waals surface area contributed by atoms with Crippen molar-refractivity contribution < 1.29 is 4.74 Å². The molecule has 3 heteroatoms. The SMILES string of the molecule is C=CCOc1cccc2c1CCN(C)CC2.Cl. The second-order valence-electron chi connectivity index (χ2n) is 4.30. The van der Waals surface area contributed by atoms with E-state index in [4.69, 9.17) is 4.74 Å². The maximum absolute atomic E-state index is 5.71.